The number of amides is 1. The number of aryl methyl sites for hydroxylation is 1. The number of hydrogen-bond acceptors (Lipinski definition) is 5. The predicted octanol–water partition coefficient (Wildman–Crippen LogP) is 4.13. The van der Waals surface area contributed by atoms with Gasteiger partial charge < -0.3 is 9.88 Å². The molecule has 4 rings (SSSR count). The molecule has 1 aliphatic heterocycles. The van der Waals surface area contributed by atoms with Crippen LogP contribution < -0.4 is 5.56 Å². The van der Waals surface area contributed by atoms with E-state index in [0.29, 0.717) is 29.3 Å². The highest BCUT2D eigenvalue weighted by Gasteiger charge is 2.25. The second-order valence-electron chi connectivity index (χ2n) is 8.18. The number of piperidine rings is 1. The molecule has 28 heavy (non-hydrogen) atoms. The lowest BCUT2D eigenvalue weighted by atomic mass is 9.89. The second kappa shape index (κ2) is 8.57. The van der Waals surface area contributed by atoms with E-state index < -0.39 is 0 Å². The molecule has 1 aliphatic carbocycles. The Kier molecular flexibility index (Phi) is 6.11. The Hall–Kier alpha value is -1.34. The summed E-state index contributed by atoms with van der Waals surface area (Å²) in [6.07, 6.45) is 7.68. The summed E-state index contributed by atoms with van der Waals surface area (Å²) in [5.74, 6) is 2.62. The van der Waals surface area contributed by atoms with Crippen LogP contribution in [0.1, 0.15) is 62.2 Å². The first-order chi connectivity index (χ1) is 13.6. The summed E-state index contributed by atoms with van der Waals surface area (Å²) in [7, 11) is 0. The third-order valence-corrected chi connectivity index (χ3v) is 8.17. The van der Waals surface area contributed by atoms with Gasteiger partial charge in [0.05, 0.1) is 16.9 Å². The van der Waals surface area contributed by atoms with Crippen LogP contribution in [0, 0.1) is 5.92 Å². The minimum absolute atomic E-state index is 0.0129. The smallest absolute Gasteiger partial charge is 0.259 e. The number of H-pyrrole nitrogens is 1. The lowest BCUT2D eigenvalue weighted by molar-refractivity contribution is -0.132. The molecule has 0 spiro atoms. The van der Waals surface area contributed by atoms with Crippen LogP contribution in [0.2, 0.25) is 0 Å². The molecule has 7 heteroatoms. The number of thioether (sulfide) groups is 1. The van der Waals surface area contributed by atoms with E-state index in [-0.39, 0.29) is 11.5 Å². The van der Waals surface area contributed by atoms with Crippen LogP contribution in [0.3, 0.4) is 0 Å². The van der Waals surface area contributed by atoms with Crippen LogP contribution in [-0.2, 0) is 23.4 Å². The second-order valence-corrected chi connectivity index (χ2v) is 10.3. The minimum Gasteiger partial charge on any atom is -0.339 e. The van der Waals surface area contributed by atoms with Crippen molar-refractivity contribution in [2.45, 2.75) is 70.6 Å². The fourth-order valence-corrected chi connectivity index (χ4v) is 6.71. The number of fused-ring (bicyclic) bond motifs is 3. The van der Waals surface area contributed by atoms with Gasteiger partial charge in [0.2, 0.25) is 5.91 Å². The fraction of sp³-hybridized carbons (Fsp3) is 0.667. The summed E-state index contributed by atoms with van der Waals surface area (Å²) in [6.45, 7) is 5.32. The molecule has 2 aliphatic rings. The molecule has 2 aromatic heterocycles. The first-order valence-electron chi connectivity index (χ1n) is 10.5. The number of nitrogens with one attached hydrogen (secondary N) is 1. The van der Waals surface area contributed by atoms with Crippen LogP contribution in [0.15, 0.2) is 4.79 Å². The van der Waals surface area contributed by atoms with Gasteiger partial charge in [-0.2, -0.15) is 0 Å². The summed E-state index contributed by atoms with van der Waals surface area (Å²) in [5, 5.41) is 0.802. The van der Waals surface area contributed by atoms with E-state index in [1.165, 1.54) is 16.9 Å². The summed E-state index contributed by atoms with van der Waals surface area (Å²) in [6, 6.07) is 0.399. The van der Waals surface area contributed by atoms with Crippen molar-refractivity contribution in [1.82, 2.24) is 14.9 Å². The Morgan fingerprint density at radius 2 is 2.21 bits per heavy atom. The van der Waals surface area contributed by atoms with E-state index in [4.69, 9.17) is 4.98 Å². The van der Waals surface area contributed by atoms with Crippen molar-refractivity contribution < 1.29 is 4.79 Å². The molecule has 0 aromatic carbocycles. The van der Waals surface area contributed by atoms with Crippen LogP contribution >= 0.6 is 23.1 Å². The standard InChI is InChI=1S/C21H29N3O2S2/c1-3-14-6-4-5-9-24(14)18(25)12-27-11-17-22-20(26)19-15-8-7-13(2)10-16(15)28-21(19)23-17/h13-14H,3-12H2,1-2H3,(H,22,23,26)/t13-,14-/m0/s1. The number of rotatable bonds is 5. The minimum atomic E-state index is -0.0129. The normalized spacial score (nSPS) is 22.4. The van der Waals surface area contributed by atoms with Gasteiger partial charge in [-0.3, -0.25) is 9.59 Å². The fourth-order valence-electron chi connectivity index (χ4n) is 4.53. The third kappa shape index (κ3) is 4.01. The molecule has 0 radical (unpaired) electrons. The first kappa shape index (κ1) is 20.0. The average Bonchev–Trinajstić information content (AvgIpc) is 3.05. The van der Waals surface area contributed by atoms with Gasteiger partial charge in [-0.15, -0.1) is 23.1 Å². The van der Waals surface area contributed by atoms with Crippen molar-refractivity contribution in [3.8, 4) is 0 Å². The van der Waals surface area contributed by atoms with Crippen molar-refractivity contribution in [3.05, 3.63) is 26.6 Å². The molecular formula is C21H29N3O2S2. The molecule has 0 saturated carbocycles. The Morgan fingerprint density at radius 1 is 1.36 bits per heavy atom. The largest absolute Gasteiger partial charge is 0.339 e. The highest BCUT2D eigenvalue weighted by Crippen LogP contribution is 2.35. The Morgan fingerprint density at radius 3 is 3.04 bits per heavy atom. The van der Waals surface area contributed by atoms with Crippen LogP contribution in [0.25, 0.3) is 10.2 Å². The topological polar surface area (TPSA) is 66.1 Å². The molecule has 152 valence electrons. The predicted molar refractivity (Wildman–Crippen MR) is 117 cm³/mol. The van der Waals surface area contributed by atoms with E-state index in [9.17, 15) is 9.59 Å². The molecule has 2 aromatic rings. The van der Waals surface area contributed by atoms with E-state index in [1.54, 1.807) is 23.1 Å². The molecule has 0 bridgehead atoms. The quantitative estimate of drug-likeness (QED) is 0.791. The average molecular weight is 420 g/mol. The number of aromatic amines is 1. The first-order valence-corrected chi connectivity index (χ1v) is 12.4. The number of nitrogens with zero attached hydrogens (tertiary/aromatic N) is 2. The SMILES string of the molecule is CC[C@H]1CCCCN1C(=O)CSCc1nc2sc3c(c2c(=O)[nH]1)CC[C@H](C)C3. The van der Waals surface area contributed by atoms with Crippen molar-refractivity contribution in [3.63, 3.8) is 0 Å². The molecule has 3 heterocycles. The Labute approximate surface area is 174 Å². The van der Waals surface area contributed by atoms with Gasteiger partial charge in [-0.25, -0.2) is 4.98 Å². The maximum atomic E-state index is 12.7. The number of carbonyl (C=O) groups is 1. The summed E-state index contributed by atoms with van der Waals surface area (Å²) in [4.78, 5) is 37.2. The van der Waals surface area contributed by atoms with Crippen molar-refractivity contribution in [1.29, 1.82) is 0 Å². The van der Waals surface area contributed by atoms with Crippen LogP contribution in [0.4, 0.5) is 0 Å². The third-order valence-electron chi connectivity index (χ3n) is 6.10. The van der Waals surface area contributed by atoms with E-state index in [1.807, 2.05) is 0 Å². The summed E-state index contributed by atoms with van der Waals surface area (Å²) in [5.41, 5.74) is 1.21. The van der Waals surface area contributed by atoms with Gasteiger partial charge in [-0.05, 0) is 56.4 Å². The van der Waals surface area contributed by atoms with Crippen LogP contribution in [0.5, 0.6) is 0 Å². The maximum Gasteiger partial charge on any atom is 0.259 e. The highest BCUT2D eigenvalue weighted by atomic mass is 32.2. The zero-order valence-electron chi connectivity index (χ0n) is 16.8. The Bertz CT molecular complexity index is 920. The van der Waals surface area contributed by atoms with Gasteiger partial charge in [0.15, 0.2) is 0 Å². The molecule has 2 atom stereocenters. The van der Waals surface area contributed by atoms with Gasteiger partial charge in [-0.1, -0.05) is 13.8 Å². The zero-order valence-corrected chi connectivity index (χ0v) is 18.4. The number of thiophene rings is 1. The lowest BCUT2D eigenvalue weighted by Crippen LogP contribution is -2.44. The van der Waals surface area contributed by atoms with Gasteiger partial charge >= 0.3 is 0 Å². The van der Waals surface area contributed by atoms with Crippen molar-refractivity contribution in [2.75, 3.05) is 12.3 Å². The Balaban J connectivity index is 1.42. The number of carbonyl (C=O) groups excluding carboxylic acids is 1. The number of aromatic nitrogens is 2. The highest BCUT2D eigenvalue weighted by molar-refractivity contribution is 7.99. The van der Waals surface area contributed by atoms with Gasteiger partial charge in [0.1, 0.15) is 10.7 Å². The molecule has 1 amide bonds. The van der Waals surface area contributed by atoms with Crippen LogP contribution in [-0.4, -0.2) is 39.1 Å². The lowest BCUT2D eigenvalue weighted by Gasteiger charge is -2.35. The van der Waals surface area contributed by atoms with Gasteiger partial charge in [0.25, 0.3) is 5.56 Å². The monoisotopic (exact) mass is 419 g/mol. The summed E-state index contributed by atoms with van der Waals surface area (Å²) >= 11 is 3.24. The zero-order chi connectivity index (χ0) is 19.7. The molecule has 5 nitrogen and oxygen atoms in total. The molecular weight excluding hydrogens is 390 g/mol. The summed E-state index contributed by atoms with van der Waals surface area (Å²) < 4.78 is 0. The van der Waals surface area contributed by atoms with E-state index in [2.05, 4.69) is 23.7 Å². The maximum absolute atomic E-state index is 12.7. The molecule has 1 N–H and O–H groups in total. The van der Waals surface area contributed by atoms with E-state index >= 15 is 0 Å². The van der Waals surface area contributed by atoms with Crippen molar-refractivity contribution in [2.24, 2.45) is 5.92 Å². The molecule has 0 unspecified atom stereocenters. The number of likely N-dealkylation sites (tertiary alicyclic amines) is 1. The van der Waals surface area contributed by atoms with E-state index in [0.717, 1.165) is 55.3 Å². The van der Waals surface area contributed by atoms with Crippen molar-refractivity contribution >= 4 is 39.2 Å². The van der Waals surface area contributed by atoms with Gasteiger partial charge in [0, 0.05) is 17.5 Å². The molecule has 1 fully saturated rings. The molecule has 1 saturated heterocycles. The number of hydrogen-bond donors (Lipinski definition) is 1.